The summed E-state index contributed by atoms with van der Waals surface area (Å²) in [5.74, 6) is 3.27. The van der Waals surface area contributed by atoms with Crippen LogP contribution in [-0.4, -0.2) is 21.3 Å². The fraction of sp³-hybridized carbons (Fsp3) is 0.192. The molecular formula is C52H44O4. The van der Waals surface area contributed by atoms with Crippen molar-refractivity contribution in [1.82, 2.24) is 0 Å². The van der Waals surface area contributed by atoms with Crippen molar-refractivity contribution >= 4 is 16.8 Å². The van der Waals surface area contributed by atoms with Crippen LogP contribution in [0.25, 0.3) is 28.0 Å². The molecule has 0 amide bonds. The third kappa shape index (κ3) is 4.98. The third-order valence-corrected chi connectivity index (χ3v) is 13.1. The maximum Gasteiger partial charge on any atom is 0.178 e. The second-order valence-electron chi connectivity index (χ2n) is 15.5. The lowest BCUT2D eigenvalue weighted by atomic mass is 9.56. The zero-order valence-electron chi connectivity index (χ0n) is 32.0. The highest BCUT2D eigenvalue weighted by molar-refractivity contribution is 6.09. The summed E-state index contributed by atoms with van der Waals surface area (Å²) >= 11 is 0. The van der Waals surface area contributed by atoms with Crippen LogP contribution >= 0.6 is 0 Å². The first-order valence-corrected chi connectivity index (χ1v) is 19.6. The highest BCUT2D eigenvalue weighted by Crippen LogP contribution is 2.64. The van der Waals surface area contributed by atoms with Crippen LogP contribution in [0.15, 0.2) is 158 Å². The lowest BCUT2D eigenvalue weighted by Gasteiger charge is -2.48. The van der Waals surface area contributed by atoms with Crippen LogP contribution in [-0.2, 0) is 16.4 Å². The lowest BCUT2D eigenvalue weighted by Crippen LogP contribution is -2.41. The number of benzene rings is 7. The molecule has 0 saturated heterocycles. The molecule has 10 rings (SSSR count). The molecule has 0 aromatic heterocycles. The van der Waals surface area contributed by atoms with Crippen molar-refractivity contribution in [2.75, 3.05) is 21.3 Å². The summed E-state index contributed by atoms with van der Waals surface area (Å²) in [6.45, 7) is 0. The Labute approximate surface area is 329 Å². The minimum atomic E-state index is -0.920. The molecule has 0 N–H and O–H groups in total. The molecule has 7 aromatic rings. The van der Waals surface area contributed by atoms with Crippen LogP contribution in [0.5, 0.6) is 23.0 Å². The van der Waals surface area contributed by atoms with Gasteiger partial charge in [-0.15, -0.1) is 0 Å². The predicted octanol–water partition coefficient (Wildman–Crippen LogP) is 12.0. The van der Waals surface area contributed by atoms with E-state index in [9.17, 15) is 0 Å². The van der Waals surface area contributed by atoms with E-state index in [1.165, 1.54) is 38.8 Å². The molecule has 2 aliphatic carbocycles. The molecule has 1 fully saturated rings. The van der Waals surface area contributed by atoms with Gasteiger partial charge in [0.1, 0.15) is 23.0 Å². The molecule has 3 aliphatic rings. The number of hydrogen-bond donors (Lipinski definition) is 0. The zero-order chi connectivity index (χ0) is 37.9. The minimum Gasteiger partial charge on any atom is -0.497 e. The van der Waals surface area contributed by atoms with E-state index in [2.05, 4.69) is 140 Å². The van der Waals surface area contributed by atoms with Gasteiger partial charge >= 0.3 is 0 Å². The average molecular weight is 733 g/mol. The predicted molar refractivity (Wildman–Crippen MR) is 225 cm³/mol. The van der Waals surface area contributed by atoms with Gasteiger partial charge in [-0.2, -0.15) is 0 Å². The van der Waals surface area contributed by atoms with Crippen LogP contribution in [0, 0.1) is 0 Å². The van der Waals surface area contributed by atoms with E-state index in [4.69, 9.17) is 18.9 Å². The lowest BCUT2D eigenvalue weighted by molar-refractivity contribution is 0.162. The van der Waals surface area contributed by atoms with Gasteiger partial charge in [0.2, 0.25) is 0 Å². The standard InChI is InChI=1S/C52H44O4/c1-53-39-22-18-37(19-23-39)52(38-20-24-40(54-2)25-21-38)29-28-44-48-47(42-27-26-41(55-3)34-45(42)49(44)56-52)43-16-10-11-17-46(43)51(48)32-30-50(31-33-51,35-12-6-4-7-13-35)36-14-8-5-9-15-36/h4-29,34H,30-33H2,1-3H3. The van der Waals surface area contributed by atoms with Crippen molar-refractivity contribution in [2.45, 2.75) is 42.1 Å². The fourth-order valence-electron chi connectivity index (χ4n) is 10.3. The Bertz CT molecular complexity index is 2510. The van der Waals surface area contributed by atoms with E-state index in [0.717, 1.165) is 70.8 Å². The summed E-state index contributed by atoms with van der Waals surface area (Å²) in [4.78, 5) is 0. The van der Waals surface area contributed by atoms with E-state index < -0.39 is 5.60 Å². The number of methoxy groups -OCH3 is 3. The molecular weight excluding hydrogens is 689 g/mol. The summed E-state index contributed by atoms with van der Waals surface area (Å²) in [5, 5.41) is 2.22. The van der Waals surface area contributed by atoms with Gasteiger partial charge in [-0.3, -0.25) is 0 Å². The molecule has 1 heterocycles. The summed E-state index contributed by atoms with van der Waals surface area (Å²) in [5.41, 5.74) is 10.2. The molecule has 1 saturated carbocycles. The van der Waals surface area contributed by atoms with Crippen molar-refractivity contribution in [3.63, 3.8) is 0 Å². The second-order valence-corrected chi connectivity index (χ2v) is 15.5. The summed E-state index contributed by atoms with van der Waals surface area (Å²) < 4.78 is 24.7. The Hall–Kier alpha value is -6.26. The van der Waals surface area contributed by atoms with Crippen molar-refractivity contribution in [1.29, 1.82) is 0 Å². The Balaban J connectivity index is 1.21. The largest absolute Gasteiger partial charge is 0.497 e. The Morgan fingerprint density at radius 2 is 1.00 bits per heavy atom. The van der Waals surface area contributed by atoms with Gasteiger partial charge in [0.05, 0.1) is 21.3 Å². The van der Waals surface area contributed by atoms with Crippen molar-refractivity contribution in [3.05, 3.63) is 197 Å². The van der Waals surface area contributed by atoms with Gasteiger partial charge in [-0.05, 0) is 113 Å². The number of fused-ring (bicyclic) bond motifs is 10. The molecule has 276 valence electrons. The first-order chi connectivity index (χ1) is 27.5. The summed E-state index contributed by atoms with van der Waals surface area (Å²) in [6, 6.07) is 54.5. The fourth-order valence-corrected chi connectivity index (χ4v) is 10.3. The van der Waals surface area contributed by atoms with E-state index in [0.29, 0.717) is 0 Å². The molecule has 1 spiro atoms. The number of hydrogen-bond acceptors (Lipinski definition) is 4. The molecule has 7 aromatic carbocycles. The highest BCUT2D eigenvalue weighted by atomic mass is 16.5. The normalized spacial score (nSPS) is 16.7. The maximum atomic E-state index is 7.67. The molecule has 0 atom stereocenters. The van der Waals surface area contributed by atoms with Crippen LogP contribution in [0.2, 0.25) is 0 Å². The van der Waals surface area contributed by atoms with Gasteiger partial charge in [0.15, 0.2) is 5.60 Å². The van der Waals surface area contributed by atoms with Crippen molar-refractivity contribution in [3.8, 4) is 34.1 Å². The topological polar surface area (TPSA) is 36.9 Å². The minimum absolute atomic E-state index is 0.0834. The smallest absolute Gasteiger partial charge is 0.178 e. The van der Waals surface area contributed by atoms with Gasteiger partial charge in [-0.25, -0.2) is 0 Å². The first-order valence-electron chi connectivity index (χ1n) is 19.6. The zero-order valence-corrected chi connectivity index (χ0v) is 32.0. The molecule has 56 heavy (non-hydrogen) atoms. The number of ether oxygens (including phenoxy) is 4. The van der Waals surface area contributed by atoms with E-state index >= 15 is 0 Å². The molecule has 4 nitrogen and oxygen atoms in total. The van der Waals surface area contributed by atoms with Crippen LogP contribution < -0.4 is 18.9 Å². The Morgan fingerprint density at radius 3 is 1.57 bits per heavy atom. The van der Waals surface area contributed by atoms with E-state index in [1.807, 2.05) is 24.3 Å². The molecule has 0 unspecified atom stereocenters. The van der Waals surface area contributed by atoms with Crippen LogP contribution in [0.3, 0.4) is 0 Å². The van der Waals surface area contributed by atoms with Crippen molar-refractivity contribution < 1.29 is 18.9 Å². The Kier molecular flexibility index (Phi) is 8.07. The summed E-state index contributed by atoms with van der Waals surface area (Å²) in [6.07, 6.45) is 8.68. The molecule has 0 bridgehead atoms. The van der Waals surface area contributed by atoms with Gasteiger partial charge in [0, 0.05) is 32.9 Å². The van der Waals surface area contributed by atoms with Crippen LogP contribution in [0.4, 0.5) is 0 Å². The maximum absolute atomic E-state index is 7.67. The quantitative estimate of drug-likeness (QED) is 0.163. The van der Waals surface area contributed by atoms with Gasteiger partial charge in [-0.1, -0.05) is 115 Å². The monoisotopic (exact) mass is 732 g/mol. The van der Waals surface area contributed by atoms with Crippen LogP contribution in [0.1, 0.15) is 64.6 Å². The SMILES string of the molecule is COc1ccc(C2(c3ccc(OC)cc3)C=Cc3c4c(c5ccc(OC)cc5c3O2)-c2ccccc2C42CCC(c3ccccc3)(c3ccccc3)CC2)cc1. The second kappa shape index (κ2) is 13.2. The number of rotatable bonds is 7. The molecule has 0 radical (unpaired) electrons. The average Bonchev–Trinajstić information content (AvgIpc) is 3.56. The summed E-state index contributed by atoms with van der Waals surface area (Å²) in [7, 11) is 5.13. The third-order valence-electron chi connectivity index (χ3n) is 13.1. The van der Waals surface area contributed by atoms with E-state index in [-0.39, 0.29) is 10.8 Å². The van der Waals surface area contributed by atoms with Gasteiger partial charge in [0.25, 0.3) is 0 Å². The highest BCUT2D eigenvalue weighted by Gasteiger charge is 2.53. The van der Waals surface area contributed by atoms with Crippen molar-refractivity contribution in [2.24, 2.45) is 0 Å². The van der Waals surface area contributed by atoms with Gasteiger partial charge < -0.3 is 18.9 Å². The first kappa shape index (κ1) is 34.2. The molecule has 1 aliphatic heterocycles. The Morgan fingerprint density at radius 1 is 0.482 bits per heavy atom. The van der Waals surface area contributed by atoms with E-state index in [1.54, 1.807) is 21.3 Å². The molecule has 4 heteroatoms.